The zero-order valence-electron chi connectivity index (χ0n) is 16.7. The molecule has 0 aliphatic rings. The van der Waals surface area contributed by atoms with Gasteiger partial charge in [-0.2, -0.15) is 4.98 Å². The lowest BCUT2D eigenvalue weighted by Gasteiger charge is -2.22. The van der Waals surface area contributed by atoms with Gasteiger partial charge in [0, 0.05) is 38.6 Å². The van der Waals surface area contributed by atoms with Gasteiger partial charge in [-0.05, 0) is 18.2 Å². The molecule has 0 bridgehead atoms. The molecule has 3 aromatic rings. The number of hydrogen-bond donors (Lipinski definition) is 1. The molecule has 2 aromatic heterocycles. The van der Waals surface area contributed by atoms with Crippen molar-refractivity contribution in [2.45, 2.75) is 0 Å². The van der Waals surface area contributed by atoms with Crippen molar-refractivity contribution in [2.24, 2.45) is 0 Å². The van der Waals surface area contributed by atoms with E-state index in [1.807, 2.05) is 11.9 Å². The summed E-state index contributed by atoms with van der Waals surface area (Å²) in [7, 11) is 6.68. The van der Waals surface area contributed by atoms with Gasteiger partial charge in [-0.25, -0.2) is 4.98 Å². The third-order valence-electron chi connectivity index (χ3n) is 4.41. The minimum absolute atomic E-state index is 0. The topological polar surface area (TPSA) is 107 Å². The molecule has 3 rings (SSSR count). The Morgan fingerprint density at radius 3 is 2.45 bits per heavy atom. The number of likely N-dealkylation sites (N-methyl/N-ethyl adjacent to an activating group) is 2. The Bertz CT molecular complexity index is 980. The summed E-state index contributed by atoms with van der Waals surface area (Å²) in [5, 5.41) is 0.680. The molecule has 2 heterocycles. The lowest BCUT2D eigenvalue weighted by Crippen LogP contribution is -2.35. The van der Waals surface area contributed by atoms with E-state index in [-0.39, 0.29) is 18.3 Å². The van der Waals surface area contributed by atoms with E-state index in [4.69, 9.17) is 19.6 Å². The van der Waals surface area contributed by atoms with Crippen LogP contribution in [-0.2, 0) is 0 Å². The second-order valence-electron chi connectivity index (χ2n) is 6.26. The molecule has 156 valence electrons. The summed E-state index contributed by atoms with van der Waals surface area (Å²) in [6.45, 7) is 0.977. The maximum Gasteiger partial charge on any atom is 0.289 e. The molecule has 0 saturated heterocycles. The number of anilines is 2. The normalized spacial score (nSPS) is 10.3. The average molecular weight is 422 g/mol. The molecule has 1 aromatic carbocycles. The maximum atomic E-state index is 12.3. The largest absolute Gasteiger partial charge is 0.493 e. The number of rotatable bonds is 7. The predicted molar refractivity (Wildman–Crippen MR) is 113 cm³/mol. The van der Waals surface area contributed by atoms with Gasteiger partial charge in [-0.3, -0.25) is 4.79 Å². The van der Waals surface area contributed by atoms with Crippen LogP contribution in [0, 0.1) is 0 Å². The van der Waals surface area contributed by atoms with Crippen LogP contribution < -0.4 is 20.1 Å². The van der Waals surface area contributed by atoms with Gasteiger partial charge >= 0.3 is 0 Å². The number of fused-ring (bicyclic) bond motifs is 1. The average Bonchev–Trinajstić information content (AvgIpc) is 3.24. The first-order chi connectivity index (χ1) is 13.4. The minimum atomic E-state index is -0.186. The fraction of sp³-hybridized carbons (Fsp3) is 0.316. The van der Waals surface area contributed by atoms with Gasteiger partial charge < -0.3 is 29.4 Å². The number of nitrogens with two attached hydrogens (primary N) is 1. The van der Waals surface area contributed by atoms with Crippen molar-refractivity contribution in [1.82, 2.24) is 14.9 Å². The van der Waals surface area contributed by atoms with Crippen LogP contribution in [0.5, 0.6) is 11.5 Å². The summed E-state index contributed by atoms with van der Waals surface area (Å²) in [6, 6.07) is 6.83. The van der Waals surface area contributed by atoms with Crippen LogP contribution in [0.25, 0.3) is 10.9 Å². The van der Waals surface area contributed by atoms with Crippen molar-refractivity contribution >= 4 is 41.0 Å². The van der Waals surface area contributed by atoms with Gasteiger partial charge in [0.2, 0.25) is 5.95 Å². The molecule has 0 fully saturated rings. The third-order valence-corrected chi connectivity index (χ3v) is 4.41. The predicted octanol–water partition coefficient (Wildman–Crippen LogP) is 2.45. The Morgan fingerprint density at radius 2 is 1.83 bits per heavy atom. The number of carbonyl (C=O) groups excluding carboxylic acids is 1. The summed E-state index contributed by atoms with van der Waals surface area (Å²) in [6.07, 6.45) is 1.47. The SMILES string of the molecule is COc1cc2nc(N(C)CCN(C)C(=O)c3ccco3)nc(N)c2cc1OC.Cl. The second kappa shape index (κ2) is 9.33. The summed E-state index contributed by atoms with van der Waals surface area (Å²) in [5.74, 6) is 2.03. The molecule has 29 heavy (non-hydrogen) atoms. The Labute approximate surface area is 174 Å². The Kier molecular flexibility index (Phi) is 7.11. The molecule has 0 atom stereocenters. The Balaban J connectivity index is 0.00000300. The maximum absolute atomic E-state index is 12.3. The fourth-order valence-electron chi connectivity index (χ4n) is 2.73. The van der Waals surface area contributed by atoms with Gasteiger partial charge in [0.15, 0.2) is 17.3 Å². The number of hydrogen-bond acceptors (Lipinski definition) is 8. The van der Waals surface area contributed by atoms with Crippen molar-refractivity contribution in [3.8, 4) is 11.5 Å². The minimum Gasteiger partial charge on any atom is -0.493 e. The number of nitrogen functional groups attached to an aromatic ring is 1. The Hall–Kier alpha value is -3.20. The van der Waals surface area contributed by atoms with Crippen LogP contribution in [0.15, 0.2) is 34.9 Å². The monoisotopic (exact) mass is 421 g/mol. The van der Waals surface area contributed by atoms with E-state index >= 15 is 0 Å². The standard InChI is InChI=1S/C19H23N5O4.ClH/c1-23(18(25)14-6-5-9-28-14)7-8-24(2)19-21-13-11-16(27-4)15(26-3)10-12(13)17(20)22-19;/h5-6,9-11H,7-8H2,1-4H3,(H2,20,21,22);1H. The number of benzene rings is 1. The van der Waals surface area contributed by atoms with Gasteiger partial charge in [0.25, 0.3) is 5.91 Å². The van der Waals surface area contributed by atoms with Crippen LogP contribution >= 0.6 is 12.4 Å². The van der Waals surface area contributed by atoms with E-state index in [1.165, 1.54) is 6.26 Å². The number of aromatic nitrogens is 2. The zero-order valence-corrected chi connectivity index (χ0v) is 17.5. The zero-order chi connectivity index (χ0) is 20.3. The van der Waals surface area contributed by atoms with Crippen LogP contribution in [0.1, 0.15) is 10.6 Å². The molecule has 0 saturated carbocycles. The fourth-order valence-corrected chi connectivity index (χ4v) is 2.73. The number of carbonyl (C=O) groups is 1. The van der Waals surface area contributed by atoms with Crippen LogP contribution in [0.4, 0.5) is 11.8 Å². The van der Waals surface area contributed by atoms with E-state index in [1.54, 1.807) is 50.4 Å². The number of nitrogens with zero attached hydrogens (tertiary/aromatic N) is 4. The van der Waals surface area contributed by atoms with Crippen LogP contribution in [0.3, 0.4) is 0 Å². The quantitative estimate of drug-likeness (QED) is 0.619. The third kappa shape index (κ3) is 4.62. The molecular formula is C19H24ClN5O4. The van der Waals surface area contributed by atoms with E-state index in [2.05, 4.69) is 9.97 Å². The molecular weight excluding hydrogens is 398 g/mol. The first-order valence-corrected chi connectivity index (χ1v) is 8.64. The highest BCUT2D eigenvalue weighted by atomic mass is 35.5. The number of furan rings is 1. The van der Waals surface area contributed by atoms with Gasteiger partial charge in [0.1, 0.15) is 5.82 Å². The Morgan fingerprint density at radius 1 is 1.14 bits per heavy atom. The summed E-state index contributed by atoms with van der Waals surface area (Å²) in [4.78, 5) is 24.6. The smallest absolute Gasteiger partial charge is 0.289 e. The van der Waals surface area contributed by atoms with E-state index in [0.717, 1.165) is 0 Å². The molecule has 0 radical (unpaired) electrons. The summed E-state index contributed by atoms with van der Waals surface area (Å²) < 4.78 is 15.8. The lowest BCUT2D eigenvalue weighted by molar-refractivity contribution is 0.0767. The molecule has 0 spiro atoms. The number of amides is 1. The highest BCUT2D eigenvalue weighted by molar-refractivity contribution is 5.92. The molecule has 0 aliphatic heterocycles. The van der Waals surface area contributed by atoms with Gasteiger partial charge in [-0.1, -0.05) is 0 Å². The molecule has 0 unspecified atom stereocenters. The lowest BCUT2D eigenvalue weighted by atomic mass is 10.2. The molecule has 0 aliphatic carbocycles. The summed E-state index contributed by atoms with van der Waals surface area (Å²) >= 11 is 0. The molecule has 2 N–H and O–H groups in total. The van der Waals surface area contributed by atoms with Crippen molar-refractivity contribution in [3.63, 3.8) is 0 Å². The van der Waals surface area contributed by atoms with Gasteiger partial charge in [0.05, 0.1) is 26.0 Å². The summed E-state index contributed by atoms with van der Waals surface area (Å²) in [5.41, 5.74) is 6.77. The highest BCUT2D eigenvalue weighted by Crippen LogP contribution is 2.33. The van der Waals surface area contributed by atoms with E-state index in [9.17, 15) is 4.79 Å². The molecule has 10 heteroatoms. The highest BCUT2D eigenvalue weighted by Gasteiger charge is 2.17. The number of ether oxygens (including phenoxy) is 2. The van der Waals surface area contributed by atoms with E-state index in [0.29, 0.717) is 53.0 Å². The second-order valence-corrected chi connectivity index (χ2v) is 6.26. The van der Waals surface area contributed by atoms with Crippen molar-refractivity contribution < 1.29 is 18.7 Å². The van der Waals surface area contributed by atoms with Crippen molar-refractivity contribution in [1.29, 1.82) is 0 Å². The van der Waals surface area contributed by atoms with E-state index < -0.39 is 0 Å². The number of halogens is 1. The van der Waals surface area contributed by atoms with Gasteiger partial charge in [-0.15, -0.1) is 12.4 Å². The molecule has 1 amide bonds. The van der Waals surface area contributed by atoms with Crippen LogP contribution in [0.2, 0.25) is 0 Å². The first-order valence-electron chi connectivity index (χ1n) is 8.64. The van der Waals surface area contributed by atoms with Crippen molar-refractivity contribution in [3.05, 3.63) is 36.3 Å². The first kappa shape index (κ1) is 22.1. The molecule has 9 nitrogen and oxygen atoms in total. The van der Waals surface area contributed by atoms with Crippen molar-refractivity contribution in [2.75, 3.05) is 52.0 Å². The van der Waals surface area contributed by atoms with Crippen LogP contribution in [-0.4, -0.2) is 62.2 Å². The number of methoxy groups -OCH3 is 2.